The number of benzene rings is 3. The molecule has 7 nitrogen and oxygen atoms in total. The van der Waals surface area contributed by atoms with E-state index in [1.165, 1.54) is 5.56 Å². The number of nitrogens with zero attached hydrogens (tertiary/aromatic N) is 4. The predicted molar refractivity (Wildman–Crippen MR) is 148 cm³/mol. The molecule has 0 radical (unpaired) electrons. The number of aryl methyl sites for hydroxylation is 2. The molecule has 38 heavy (non-hydrogen) atoms. The van der Waals surface area contributed by atoms with Crippen LogP contribution in [0.4, 0.5) is 10.5 Å². The molecule has 0 aliphatic carbocycles. The van der Waals surface area contributed by atoms with Gasteiger partial charge in [0.15, 0.2) is 0 Å². The molecule has 2 amide bonds. The highest BCUT2D eigenvalue weighted by atomic mass is 16.5. The van der Waals surface area contributed by atoms with E-state index in [-0.39, 0.29) is 12.1 Å². The second-order valence-corrected chi connectivity index (χ2v) is 9.54. The Bertz CT molecular complexity index is 1580. The van der Waals surface area contributed by atoms with Crippen molar-refractivity contribution in [2.24, 2.45) is 0 Å². The van der Waals surface area contributed by atoms with E-state index in [1.54, 1.807) is 7.11 Å². The minimum absolute atomic E-state index is 0.187. The summed E-state index contributed by atoms with van der Waals surface area (Å²) in [5.74, 6) is 1.69. The van der Waals surface area contributed by atoms with Crippen LogP contribution in [0.2, 0.25) is 0 Å². The SMILES string of the molecule is COc1ccc(NC(=O)N2Cc3c(C)nn(-c4ccccc4)c3-n3cccc3C2c2ccc(C)cc2)cc1. The number of aromatic nitrogens is 3. The van der Waals surface area contributed by atoms with Crippen molar-refractivity contribution < 1.29 is 9.53 Å². The summed E-state index contributed by atoms with van der Waals surface area (Å²) in [6.45, 7) is 4.48. The number of urea groups is 1. The molecule has 1 N–H and O–H groups in total. The van der Waals surface area contributed by atoms with Crippen molar-refractivity contribution in [3.05, 3.63) is 125 Å². The number of fused-ring (bicyclic) bond motifs is 3. The number of anilines is 1. The number of carbonyl (C=O) groups is 1. The van der Waals surface area contributed by atoms with Crippen LogP contribution in [0.3, 0.4) is 0 Å². The normalized spacial score (nSPS) is 14.4. The molecule has 0 saturated carbocycles. The van der Waals surface area contributed by atoms with Gasteiger partial charge in [-0.15, -0.1) is 0 Å². The van der Waals surface area contributed by atoms with Crippen LogP contribution in [0.15, 0.2) is 97.2 Å². The zero-order chi connectivity index (χ0) is 26.2. The van der Waals surface area contributed by atoms with E-state index in [0.29, 0.717) is 12.2 Å². The Labute approximate surface area is 221 Å². The minimum atomic E-state index is -0.306. The molecule has 1 unspecified atom stereocenters. The molecule has 0 fully saturated rings. The highest BCUT2D eigenvalue weighted by Gasteiger charge is 2.36. The number of methoxy groups -OCH3 is 1. The van der Waals surface area contributed by atoms with Crippen LogP contribution in [-0.2, 0) is 6.54 Å². The van der Waals surface area contributed by atoms with Crippen molar-refractivity contribution >= 4 is 11.7 Å². The molecule has 3 aromatic carbocycles. The van der Waals surface area contributed by atoms with E-state index in [1.807, 2.05) is 77.2 Å². The highest BCUT2D eigenvalue weighted by molar-refractivity contribution is 5.90. The number of para-hydroxylation sites is 1. The van der Waals surface area contributed by atoms with Crippen molar-refractivity contribution in [1.82, 2.24) is 19.2 Å². The van der Waals surface area contributed by atoms with Gasteiger partial charge < -0.3 is 19.5 Å². The van der Waals surface area contributed by atoms with Gasteiger partial charge in [0, 0.05) is 17.4 Å². The first-order valence-corrected chi connectivity index (χ1v) is 12.6. The maximum Gasteiger partial charge on any atom is 0.322 e. The molecule has 3 heterocycles. The van der Waals surface area contributed by atoms with Gasteiger partial charge in [-0.1, -0.05) is 48.0 Å². The molecule has 2 aromatic heterocycles. The maximum absolute atomic E-state index is 14.0. The van der Waals surface area contributed by atoms with Gasteiger partial charge in [0.1, 0.15) is 11.6 Å². The average Bonchev–Trinajstić information content (AvgIpc) is 3.50. The Morgan fingerprint density at radius 2 is 1.66 bits per heavy atom. The van der Waals surface area contributed by atoms with Gasteiger partial charge in [0.05, 0.1) is 36.8 Å². The van der Waals surface area contributed by atoms with Gasteiger partial charge in [-0.05, 0) is 67.9 Å². The fraction of sp³-hybridized carbons (Fsp3) is 0.161. The summed E-state index contributed by atoms with van der Waals surface area (Å²) in [6, 6.07) is 29.5. The smallest absolute Gasteiger partial charge is 0.322 e. The Hall–Kier alpha value is -4.78. The van der Waals surface area contributed by atoms with Gasteiger partial charge in [0.2, 0.25) is 0 Å². The van der Waals surface area contributed by atoms with Gasteiger partial charge in [-0.3, -0.25) is 0 Å². The first kappa shape index (κ1) is 23.6. The number of nitrogens with one attached hydrogen (secondary N) is 1. The molecule has 1 atom stereocenters. The van der Waals surface area contributed by atoms with E-state index < -0.39 is 0 Å². The summed E-state index contributed by atoms with van der Waals surface area (Å²) < 4.78 is 9.43. The Kier molecular flexibility index (Phi) is 5.96. The lowest BCUT2D eigenvalue weighted by molar-refractivity contribution is 0.194. The molecule has 190 valence electrons. The molecule has 7 heteroatoms. The summed E-state index contributed by atoms with van der Waals surface area (Å²) >= 11 is 0. The lowest BCUT2D eigenvalue weighted by Gasteiger charge is -2.31. The summed E-state index contributed by atoms with van der Waals surface area (Å²) in [5, 5.41) is 8.02. The van der Waals surface area contributed by atoms with Gasteiger partial charge in [-0.2, -0.15) is 5.10 Å². The van der Waals surface area contributed by atoms with E-state index in [4.69, 9.17) is 9.84 Å². The molecular formula is C31H29N5O2. The average molecular weight is 504 g/mol. The zero-order valence-corrected chi connectivity index (χ0v) is 21.6. The Balaban J connectivity index is 1.50. The highest BCUT2D eigenvalue weighted by Crippen LogP contribution is 2.38. The van der Waals surface area contributed by atoms with Crippen molar-refractivity contribution in [3.63, 3.8) is 0 Å². The number of hydrogen-bond acceptors (Lipinski definition) is 3. The number of ether oxygens (including phenoxy) is 1. The summed E-state index contributed by atoms with van der Waals surface area (Å²) in [7, 11) is 1.63. The molecule has 5 aromatic rings. The Morgan fingerprint density at radius 1 is 0.921 bits per heavy atom. The number of carbonyl (C=O) groups excluding carboxylic acids is 1. The number of hydrogen-bond donors (Lipinski definition) is 1. The first-order valence-electron chi connectivity index (χ1n) is 12.6. The van der Waals surface area contributed by atoms with Crippen LogP contribution < -0.4 is 10.1 Å². The fourth-order valence-corrected chi connectivity index (χ4v) is 5.12. The molecule has 0 saturated heterocycles. The zero-order valence-electron chi connectivity index (χ0n) is 21.6. The third-order valence-corrected chi connectivity index (χ3v) is 7.08. The monoisotopic (exact) mass is 503 g/mol. The topological polar surface area (TPSA) is 64.3 Å². The van der Waals surface area contributed by atoms with Crippen molar-refractivity contribution in [2.45, 2.75) is 26.4 Å². The van der Waals surface area contributed by atoms with Crippen LogP contribution >= 0.6 is 0 Å². The summed E-state index contributed by atoms with van der Waals surface area (Å²) in [6.07, 6.45) is 2.06. The lowest BCUT2D eigenvalue weighted by Crippen LogP contribution is -2.38. The van der Waals surface area contributed by atoms with Crippen LogP contribution in [-0.4, -0.2) is 32.4 Å². The van der Waals surface area contributed by atoms with E-state index in [0.717, 1.165) is 39.8 Å². The van der Waals surface area contributed by atoms with E-state index >= 15 is 0 Å². The Morgan fingerprint density at radius 3 is 2.37 bits per heavy atom. The van der Waals surface area contributed by atoms with Gasteiger partial charge in [-0.25, -0.2) is 9.48 Å². The van der Waals surface area contributed by atoms with Gasteiger partial charge in [0.25, 0.3) is 0 Å². The third-order valence-electron chi connectivity index (χ3n) is 7.08. The molecule has 6 rings (SSSR count). The largest absolute Gasteiger partial charge is 0.497 e. The van der Waals surface area contributed by atoms with Crippen molar-refractivity contribution in [1.29, 1.82) is 0 Å². The first-order chi connectivity index (χ1) is 18.5. The molecule has 1 aliphatic heterocycles. The van der Waals surface area contributed by atoms with Crippen LogP contribution in [0.5, 0.6) is 5.75 Å². The lowest BCUT2D eigenvalue weighted by atomic mass is 10.0. The van der Waals surface area contributed by atoms with Crippen LogP contribution in [0.1, 0.15) is 34.1 Å². The van der Waals surface area contributed by atoms with Gasteiger partial charge >= 0.3 is 6.03 Å². The van der Waals surface area contributed by atoms with Crippen molar-refractivity contribution in [2.75, 3.05) is 12.4 Å². The van der Waals surface area contributed by atoms with E-state index in [9.17, 15) is 4.79 Å². The molecule has 0 spiro atoms. The summed E-state index contributed by atoms with van der Waals surface area (Å²) in [4.78, 5) is 15.9. The molecular weight excluding hydrogens is 474 g/mol. The second-order valence-electron chi connectivity index (χ2n) is 9.54. The minimum Gasteiger partial charge on any atom is -0.497 e. The third kappa shape index (κ3) is 4.12. The summed E-state index contributed by atoms with van der Waals surface area (Å²) in [5.41, 5.74) is 6.78. The van der Waals surface area contributed by atoms with Crippen molar-refractivity contribution in [3.8, 4) is 17.3 Å². The number of rotatable bonds is 4. The van der Waals surface area contributed by atoms with Crippen LogP contribution in [0.25, 0.3) is 11.5 Å². The van der Waals surface area contributed by atoms with E-state index in [2.05, 4.69) is 53.3 Å². The standard InChI is InChI=1S/C31H29N5O2/c1-21-11-13-23(14-12-21)29-28-10-7-19-34(28)30-27(22(2)33-36(30)25-8-5-4-6-9-25)20-35(29)31(37)32-24-15-17-26(38-3)18-16-24/h4-19,29H,20H2,1-3H3,(H,32,37). The molecule has 1 aliphatic rings. The molecule has 0 bridgehead atoms. The fourth-order valence-electron chi connectivity index (χ4n) is 5.12. The maximum atomic E-state index is 14.0. The predicted octanol–water partition coefficient (Wildman–Crippen LogP) is 6.43. The van der Waals surface area contributed by atoms with Crippen LogP contribution in [0, 0.1) is 13.8 Å². The number of amides is 2. The second kappa shape index (κ2) is 9.59. The quantitative estimate of drug-likeness (QED) is 0.308.